The zero-order valence-electron chi connectivity index (χ0n) is 26.1. The lowest BCUT2D eigenvalue weighted by molar-refractivity contribution is -0.148. The molecule has 10 heteroatoms. The summed E-state index contributed by atoms with van der Waals surface area (Å²) in [7, 11) is 1.88. The SMILES string of the molecule is CNCc1ccccc1CN(CC(=O)Nc1ccc2c(c1)CC1(C2)C(=O)Nc2ncccc21)C(=O)C1(C)CCN(C(C)=O)CC1. The van der Waals surface area contributed by atoms with Crippen LogP contribution in [0.25, 0.3) is 0 Å². The van der Waals surface area contributed by atoms with Crippen LogP contribution < -0.4 is 16.0 Å². The quantitative estimate of drug-likeness (QED) is 0.360. The van der Waals surface area contributed by atoms with Crippen LogP contribution in [0.2, 0.25) is 0 Å². The van der Waals surface area contributed by atoms with E-state index in [4.69, 9.17) is 0 Å². The third-order valence-electron chi connectivity index (χ3n) is 9.76. The maximum Gasteiger partial charge on any atom is 0.244 e. The highest BCUT2D eigenvalue weighted by Crippen LogP contribution is 2.47. The number of pyridine rings is 1. The number of carbonyl (C=O) groups excluding carboxylic acids is 4. The molecule has 3 heterocycles. The minimum atomic E-state index is -0.689. The van der Waals surface area contributed by atoms with E-state index in [1.165, 1.54) is 0 Å². The summed E-state index contributed by atoms with van der Waals surface area (Å²) < 4.78 is 0. The van der Waals surface area contributed by atoms with Gasteiger partial charge in [-0.1, -0.05) is 43.3 Å². The molecule has 0 saturated carbocycles. The van der Waals surface area contributed by atoms with Crippen molar-refractivity contribution >= 4 is 35.1 Å². The van der Waals surface area contributed by atoms with Crippen LogP contribution in [0.3, 0.4) is 0 Å². The average Bonchev–Trinajstić information content (AvgIpc) is 3.54. The molecule has 6 rings (SSSR count). The molecular formula is C35H40N6O4. The number of likely N-dealkylation sites (tertiary alicyclic amines) is 1. The summed E-state index contributed by atoms with van der Waals surface area (Å²) in [5.74, 6) is 0.200. The van der Waals surface area contributed by atoms with Crippen molar-refractivity contribution in [3.63, 3.8) is 0 Å². The van der Waals surface area contributed by atoms with Crippen molar-refractivity contribution in [2.75, 3.05) is 37.3 Å². The van der Waals surface area contributed by atoms with Gasteiger partial charge in [-0.05, 0) is 73.2 Å². The summed E-state index contributed by atoms with van der Waals surface area (Å²) >= 11 is 0. The zero-order chi connectivity index (χ0) is 31.8. The van der Waals surface area contributed by atoms with Gasteiger partial charge < -0.3 is 25.8 Å². The third-order valence-corrected chi connectivity index (χ3v) is 9.76. The fourth-order valence-electron chi connectivity index (χ4n) is 7.11. The molecule has 2 aromatic carbocycles. The lowest BCUT2D eigenvalue weighted by Gasteiger charge is -2.40. The van der Waals surface area contributed by atoms with Gasteiger partial charge in [0.15, 0.2) is 0 Å². The Morgan fingerprint density at radius 3 is 2.47 bits per heavy atom. The zero-order valence-corrected chi connectivity index (χ0v) is 26.1. The lowest BCUT2D eigenvalue weighted by atomic mass is 9.78. The lowest BCUT2D eigenvalue weighted by Crippen LogP contribution is -2.51. The molecule has 1 saturated heterocycles. The second-order valence-electron chi connectivity index (χ2n) is 12.8. The molecule has 1 aromatic heterocycles. The van der Waals surface area contributed by atoms with E-state index >= 15 is 0 Å². The van der Waals surface area contributed by atoms with Crippen LogP contribution in [0, 0.1) is 5.41 Å². The minimum absolute atomic E-state index is 0.0106. The van der Waals surface area contributed by atoms with Crippen LogP contribution in [-0.4, -0.2) is 65.1 Å². The van der Waals surface area contributed by atoms with E-state index in [9.17, 15) is 19.2 Å². The van der Waals surface area contributed by atoms with Crippen molar-refractivity contribution in [2.24, 2.45) is 5.41 Å². The number of piperidine rings is 1. The van der Waals surface area contributed by atoms with Crippen molar-refractivity contribution in [1.29, 1.82) is 0 Å². The van der Waals surface area contributed by atoms with Crippen LogP contribution in [-0.2, 0) is 50.5 Å². The summed E-state index contributed by atoms with van der Waals surface area (Å²) in [5.41, 5.74) is 4.29. The second kappa shape index (κ2) is 12.1. The Morgan fingerprint density at radius 2 is 1.73 bits per heavy atom. The van der Waals surface area contributed by atoms with Gasteiger partial charge in [0.25, 0.3) is 0 Å². The molecule has 3 aromatic rings. The van der Waals surface area contributed by atoms with Crippen LogP contribution in [0.1, 0.15) is 54.5 Å². The van der Waals surface area contributed by atoms with Gasteiger partial charge >= 0.3 is 0 Å². The molecule has 0 bridgehead atoms. The molecule has 1 atom stereocenters. The fraction of sp³-hybridized carbons (Fsp3) is 0.400. The maximum absolute atomic E-state index is 14.2. The van der Waals surface area contributed by atoms with Gasteiger partial charge in [0.05, 0.1) is 5.41 Å². The Kier molecular flexibility index (Phi) is 8.18. The summed E-state index contributed by atoms with van der Waals surface area (Å²) in [6.45, 7) is 5.36. The Bertz CT molecular complexity index is 1660. The Morgan fingerprint density at radius 1 is 1.00 bits per heavy atom. The number of fused-ring (bicyclic) bond motifs is 3. The van der Waals surface area contributed by atoms with Gasteiger partial charge in [0.1, 0.15) is 12.4 Å². The van der Waals surface area contributed by atoms with E-state index in [2.05, 4.69) is 20.9 Å². The Hall–Kier alpha value is -4.57. The first kappa shape index (κ1) is 30.5. The summed E-state index contributed by atoms with van der Waals surface area (Å²) in [6.07, 6.45) is 3.87. The topological polar surface area (TPSA) is 124 Å². The number of amides is 4. The Labute approximate surface area is 263 Å². The highest BCUT2D eigenvalue weighted by atomic mass is 16.2. The molecular weight excluding hydrogens is 568 g/mol. The number of carbonyl (C=O) groups is 4. The van der Waals surface area contributed by atoms with Crippen molar-refractivity contribution in [3.8, 4) is 0 Å². The molecule has 4 amide bonds. The van der Waals surface area contributed by atoms with Gasteiger partial charge in [-0.3, -0.25) is 19.2 Å². The van der Waals surface area contributed by atoms with Gasteiger partial charge in [-0.15, -0.1) is 0 Å². The van der Waals surface area contributed by atoms with Crippen molar-refractivity contribution in [1.82, 2.24) is 20.1 Å². The fourth-order valence-corrected chi connectivity index (χ4v) is 7.11. The number of hydrogen-bond acceptors (Lipinski definition) is 6. The average molecular weight is 609 g/mol. The number of nitrogens with zero attached hydrogens (tertiary/aromatic N) is 3. The standard InChI is InChI=1S/C35H40N6O4/c1-23(42)40-15-12-34(2,13-16-40)33(45)41(21-26-8-5-4-7-25(26)20-36-3)22-30(43)38-28-11-10-24-18-35(19-27(24)17-28)29-9-6-14-37-31(29)39-32(35)44/h4-11,14,17,36H,12-13,15-16,18-22H2,1-3H3,(H,38,43)(H,37,39,44). The van der Waals surface area contributed by atoms with Gasteiger partial charge in [-0.25, -0.2) is 4.98 Å². The van der Waals surface area contributed by atoms with Crippen LogP contribution in [0.4, 0.5) is 11.5 Å². The predicted octanol–water partition coefficient (Wildman–Crippen LogP) is 3.41. The smallest absolute Gasteiger partial charge is 0.244 e. The highest BCUT2D eigenvalue weighted by Gasteiger charge is 2.51. The van der Waals surface area contributed by atoms with Crippen LogP contribution in [0.15, 0.2) is 60.8 Å². The second-order valence-corrected chi connectivity index (χ2v) is 12.8. The summed E-state index contributed by atoms with van der Waals surface area (Å²) in [4.78, 5) is 60.6. The van der Waals surface area contributed by atoms with E-state index in [0.717, 1.165) is 27.8 Å². The van der Waals surface area contributed by atoms with E-state index in [-0.39, 0.29) is 30.2 Å². The number of aromatic nitrogens is 1. The molecule has 234 valence electrons. The van der Waals surface area contributed by atoms with Gasteiger partial charge in [0.2, 0.25) is 23.6 Å². The molecule has 1 fully saturated rings. The number of nitrogens with one attached hydrogen (secondary N) is 3. The summed E-state index contributed by atoms with van der Waals surface area (Å²) in [6, 6.07) is 17.5. The first-order valence-electron chi connectivity index (χ1n) is 15.6. The van der Waals surface area contributed by atoms with Crippen LogP contribution in [0.5, 0.6) is 0 Å². The Balaban J connectivity index is 1.20. The number of anilines is 2. The van der Waals surface area contributed by atoms with Crippen molar-refractivity contribution < 1.29 is 19.2 Å². The number of benzene rings is 2. The largest absolute Gasteiger partial charge is 0.343 e. The minimum Gasteiger partial charge on any atom is -0.343 e. The molecule has 1 unspecified atom stereocenters. The molecule has 0 radical (unpaired) electrons. The molecule has 1 aliphatic carbocycles. The van der Waals surface area contributed by atoms with Crippen LogP contribution >= 0.6 is 0 Å². The van der Waals surface area contributed by atoms with E-state index < -0.39 is 10.8 Å². The summed E-state index contributed by atoms with van der Waals surface area (Å²) in [5, 5.41) is 9.14. The van der Waals surface area contributed by atoms with E-state index in [0.29, 0.717) is 63.4 Å². The maximum atomic E-state index is 14.2. The van der Waals surface area contributed by atoms with Gasteiger partial charge in [-0.2, -0.15) is 0 Å². The number of rotatable bonds is 8. The first-order valence-corrected chi connectivity index (χ1v) is 15.6. The van der Waals surface area contributed by atoms with Gasteiger partial charge in [0, 0.05) is 56.0 Å². The van der Waals surface area contributed by atoms with E-state index in [1.54, 1.807) is 22.9 Å². The number of hydrogen-bond donors (Lipinski definition) is 3. The predicted molar refractivity (Wildman–Crippen MR) is 171 cm³/mol. The highest BCUT2D eigenvalue weighted by molar-refractivity contribution is 6.06. The monoisotopic (exact) mass is 608 g/mol. The molecule has 1 spiro atoms. The molecule has 3 N–H and O–H groups in total. The van der Waals surface area contributed by atoms with Crippen molar-refractivity contribution in [3.05, 3.63) is 88.6 Å². The van der Waals surface area contributed by atoms with E-state index in [1.807, 2.05) is 68.6 Å². The third kappa shape index (κ3) is 5.82. The molecule has 3 aliphatic rings. The molecule has 10 nitrogen and oxygen atoms in total. The first-order chi connectivity index (χ1) is 21.6. The molecule has 45 heavy (non-hydrogen) atoms. The van der Waals surface area contributed by atoms with Crippen molar-refractivity contribution in [2.45, 2.75) is 58.0 Å². The molecule has 2 aliphatic heterocycles. The normalized spacial score (nSPS) is 19.5.